The minimum absolute atomic E-state index is 0.0373. The van der Waals surface area contributed by atoms with Crippen LogP contribution in [0.5, 0.6) is 0 Å². The van der Waals surface area contributed by atoms with E-state index >= 15 is 0 Å². The van der Waals surface area contributed by atoms with Gasteiger partial charge in [0.25, 0.3) is 0 Å². The largest absolute Gasteiger partial charge is 0.371 e. The minimum Gasteiger partial charge on any atom is -0.371 e. The number of hydrogen-bond donors (Lipinski definition) is 2. The number of nitrogens with one attached hydrogen (secondary N) is 2. The molecule has 2 aromatic heterocycles. The summed E-state index contributed by atoms with van der Waals surface area (Å²) in [6.07, 6.45) is 5.13. The molecular formula is C25H24ClN5O. The third kappa shape index (κ3) is 4.32. The number of aromatic amines is 1. The predicted molar refractivity (Wildman–Crippen MR) is 128 cm³/mol. The number of H-pyrrole nitrogens is 1. The number of hydrogen-bond acceptors (Lipinski definition) is 4. The topological polar surface area (TPSA) is 73.9 Å². The Labute approximate surface area is 191 Å². The maximum absolute atomic E-state index is 12.6. The van der Waals surface area contributed by atoms with Gasteiger partial charge in [0.05, 0.1) is 16.1 Å². The van der Waals surface area contributed by atoms with Gasteiger partial charge >= 0.3 is 0 Å². The first-order valence-electron chi connectivity index (χ1n) is 10.8. The van der Waals surface area contributed by atoms with Gasteiger partial charge in [-0.15, -0.1) is 0 Å². The van der Waals surface area contributed by atoms with Crippen LogP contribution in [-0.4, -0.2) is 33.9 Å². The highest BCUT2D eigenvalue weighted by Crippen LogP contribution is 2.33. The fourth-order valence-electron chi connectivity index (χ4n) is 4.21. The molecule has 1 amide bonds. The van der Waals surface area contributed by atoms with E-state index < -0.39 is 0 Å². The first-order valence-corrected chi connectivity index (χ1v) is 11.2. The number of anilines is 1. The lowest BCUT2D eigenvalue weighted by Gasteiger charge is -2.33. The van der Waals surface area contributed by atoms with Crippen molar-refractivity contribution in [2.24, 2.45) is 5.92 Å². The molecule has 4 aromatic rings. The molecule has 0 atom stereocenters. The molecule has 0 radical (unpaired) electrons. The Bertz CT molecular complexity index is 1200. The van der Waals surface area contributed by atoms with Crippen molar-refractivity contribution in [2.45, 2.75) is 19.4 Å². The highest BCUT2D eigenvalue weighted by molar-refractivity contribution is 6.33. The lowest BCUT2D eigenvalue weighted by molar-refractivity contribution is -0.125. The zero-order valence-electron chi connectivity index (χ0n) is 17.6. The summed E-state index contributed by atoms with van der Waals surface area (Å²) in [6, 6.07) is 17.8. The molecule has 2 N–H and O–H groups in total. The van der Waals surface area contributed by atoms with Crippen molar-refractivity contribution < 1.29 is 4.79 Å². The van der Waals surface area contributed by atoms with Gasteiger partial charge in [-0.05, 0) is 60.9 Å². The molecular weight excluding hydrogens is 422 g/mol. The number of pyridine rings is 1. The van der Waals surface area contributed by atoms with Gasteiger partial charge in [0, 0.05) is 49.2 Å². The second-order valence-electron chi connectivity index (χ2n) is 8.10. The second kappa shape index (κ2) is 9.01. The van der Waals surface area contributed by atoms with E-state index in [4.69, 9.17) is 16.6 Å². The third-order valence-corrected chi connectivity index (χ3v) is 6.37. The number of carbonyl (C=O) groups is 1. The third-order valence-electron chi connectivity index (χ3n) is 6.04. The molecule has 5 rings (SSSR count). The Morgan fingerprint density at radius 2 is 1.88 bits per heavy atom. The van der Waals surface area contributed by atoms with Crippen LogP contribution in [0.3, 0.4) is 0 Å². The Hall–Kier alpha value is -3.38. The summed E-state index contributed by atoms with van der Waals surface area (Å²) in [6.45, 7) is 2.20. The SMILES string of the molecule is O=C(NCc1ccncc1)C1CCN(c2ccc(Cl)c(-c3nc4ccccc4[nH]3)c2)CC1. The van der Waals surface area contributed by atoms with Gasteiger partial charge in [-0.3, -0.25) is 9.78 Å². The highest BCUT2D eigenvalue weighted by Gasteiger charge is 2.25. The summed E-state index contributed by atoms with van der Waals surface area (Å²) in [5.41, 5.74) is 4.95. The maximum Gasteiger partial charge on any atom is 0.223 e. The molecule has 1 aliphatic heterocycles. The highest BCUT2D eigenvalue weighted by atomic mass is 35.5. The number of halogens is 1. The van der Waals surface area contributed by atoms with Crippen molar-refractivity contribution in [3.05, 3.63) is 77.6 Å². The molecule has 0 spiro atoms. The average molecular weight is 446 g/mol. The van der Waals surface area contributed by atoms with Crippen molar-refractivity contribution in [2.75, 3.05) is 18.0 Å². The molecule has 0 saturated carbocycles. The predicted octanol–water partition coefficient (Wildman–Crippen LogP) is 4.81. The first kappa shape index (κ1) is 20.5. The maximum atomic E-state index is 12.6. The zero-order valence-corrected chi connectivity index (χ0v) is 18.3. The number of para-hydroxylation sites is 2. The molecule has 0 aliphatic carbocycles. The number of fused-ring (bicyclic) bond motifs is 1. The van der Waals surface area contributed by atoms with E-state index in [2.05, 4.69) is 26.3 Å². The van der Waals surface area contributed by atoms with E-state index in [0.29, 0.717) is 11.6 Å². The van der Waals surface area contributed by atoms with Crippen LogP contribution in [0, 0.1) is 5.92 Å². The fourth-order valence-corrected chi connectivity index (χ4v) is 4.41. The van der Waals surface area contributed by atoms with Crippen LogP contribution in [0.4, 0.5) is 5.69 Å². The van der Waals surface area contributed by atoms with Gasteiger partial charge in [-0.25, -0.2) is 4.98 Å². The van der Waals surface area contributed by atoms with E-state index in [9.17, 15) is 4.79 Å². The van der Waals surface area contributed by atoms with Crippen LogP contribution in [0.25, 0.3) is 22.4 Å². The molecule has 1 aliphatic rings. The smallest absolute Gasteiger partial charge is 0.223 e. The molecule has 162 valence electrons. The molecule has 32 heavy (non-hydrogen) atoms. The number of benzene rings is 2. The van der Waals surface area contributed by atoms with Crippen molar-refractivity contribution >= 4 is 34.2 Å². The molecule has 0 unspecified atom stereocenters. The van der Waals surface area contributed by atoms with Gasteiger partial charge in [-0.1, -0.05) is 23.7 Å². The molecule has 1 saturated heterocycles. The number of aromatic nitrogens is 3. The summed E-state index contributed by atoms with van der Waals surface area (Å²) in [5, 5.41) is 3.72. The molecule has 7 heteroatoms. The number of imidazole rings is 1. The quantitative estimate of drug-likeness (QED) is 0.462. The van der Waals surface area contributed by atoms with Crippen LogP contribution >= 0.6 is 11.6 Å². The van der Waals surface area contributed by atoms with Gasteiger partial charge in [0.15, 0.2) is 0 Å². The van der Waals surface area contributed by atoms with Crippen molar-refractivity contribution in [3.63, 3.8) is 0 Å². The lowest BCUT2D eigenvalue weighted by Crippen LogP contribution is -2.40. The van der Waals surface area contributed by atoms with Gasteiger partial charge < -0.3 is 15.2 Å². The van der Waals surface area contributed by atoms with Gasteiger partial charge in [-0.2, -0.15) is 0 Å². The normalized spacial score (nSPS) is 14.6. The van der Waals surface area contributed by atoms with E-state index in [1.54, 1.807) is 12.4 Å². The summed E-state index contributed by atoms with van der Waals surface area (Å²) < 4.78 is 0. The molecule has 6 nitrogen and oxygen atoms in total. The summed E-state index contributed by atoms with van der Waals surface area (Å²) in [4.78, 5) is 27.0. The molecule has 0 bridgehead atoms. The number of amides is 1. The Balaban J connectivity index is 1.24. The van der Waals surface area contributed by atoms with Crippen molar-refractivity contribution in [3.8, 4) is 11.4 Å². The van der Waals surface area contributed by atoms with Crippen LogP contribution < -0.4 is 10.2 Å². The van der Waals surface area contributed by atoms with Crippen LogP contribution in [0.1, 0.15) is 18.4 Å². The van der Waals surface area contributed by atoms with Crippen molar-refractivity contribution in [1.29, 1.82) is 0 Å². The number of nitrogens with zero attached hydrogens (tertiary/aromatic N) is 3. The molecule has 3 heterocycles. The van der Waals surface area contributed by atoms with Crippen LogP contribution in [-0.2, 0) is 11.3 Å². The van der Waals surface area contributed by atoms with Gasteiger partial charge in [0.2, 0.25) is 5.91 Å². The summed E-state index contributed by atoms with van der Waals surface area (Å²) >= 11 is 6.51. The lowest BCUT2D eigenvalue weighted by atomic mass is 9.95. The van der Waals surface area contributed by atoms with E-state index in [-0.39, 0.29) is 11.8 Å². The van der Waals surface area contributed by atoms with E-state index in [0.717, 1.165) is 59.6 Å². The standard InChI is InChI=1S/C25H24ClN5O/c26-21-6-5-19(15-20(21)24-29-22-3-1-2-4-23(22)30-24)31-13-9-18(10-14-31)25(32)28-16-17-7-11-27-12-8-17/h1-8,11-12,15,18H,9-10,13-14,16H2,(H,28,32)(H,29,30). The zero-order chi connectivity index (χ0) is 21.9. The number of rotatable bonds is 5. The second-order valence-corrected chi connectivity index (χ2v) is 8.51. The average Bonchev–Trinajstić information content (AvgIpc) is 3.28. The molecule has 1 fully saturated rings. The molecule has 2 aromatic carbocycles. The summed E-state index contributed by atoms with van der Waals surface area (Å²) in [5.74, 6) is 0.930. The van der Waals surface area contributed by atoms with Gasteiger partial charge in [0.1, 0.15) is 5.82 Å². The number of piperidine rings is 1. The van der Waals surface area contributed by atoms with Crippen LogP contribution in [0.15, 0.2) is 67.0 Å². The van der Waals surface area contributed by atoms with Crippen molar-refractivity contribution in [1.82, 2.24) is 20.3 Å². The van der Waals surface area contributed by atoms with E-state index in [1.165, 1.54) is 0 Å². The number of carbonyl (C=O) groups excluding carboxylic acids is 1. The van der Waals surface area contributed by atoms with Crippen LogP contribution in [0.2, 0.25) is 5.02 Å². The fraction of sp³-hybridized carbons (Fsp3) is 0.240. The Morgan fingerprint density at radius 1 is 1.09 bits per heavy atom. The Kier molecular flexibility index (Phi) is 5.77. The van der Waals surface area contributed by atoms with E-state index in [1.807, 2.05) is 48.5 Å². The monoisotopic (exact) mass is 445 g/mol. The summed E-state index contributed by atoms with van der Waals surface area (Å²) in [7, 11) is 0. The Morgan fingerprint density at radius 3 is 2.66 bits per heavy atom. The minimum atomic E-state index is 0.0373. The first-order chi connectivity index (χ1) is 15.7.